The van der Waals surface area contributed by atoms with E-state index in [2.05, 4.69) is 4.90 Å². The van der Waals surface area contributed by atoms with Crippen LogP contribution in [0.15, 0.2) is 47.1 Å². The van der Waals surface area contributed by atoms with Crippen molar-refractivity contribution in [2.45, 2.75) is 6.54 Å². The second-order valence-corrected chi connectivity index (χ2v) is 6.13. The van der Waals surface area contributed by atoms with Crippen molar-refractivity contribution in [3.05, 3.63) is 54.0 Å². The monoisotopic (exact) mass is 356 g/mol. The lowest BCUT2D eigenvalue weighted by molar-refractivity contribution is -0.127. The number of hydrogen-bond acceptors (Lipinski definition) is 5. The summed E-state index contributed by atoms with van der Waals surface area (Å²) in [5.41, 5.74) is 1.09. The fourth-order valence-electron chi connectivity index (χ4n) is 3.02. The Balaban J connectivity index is 1.54. The minimum Gasteiger partial charge on any atom is -0.497 e. The van der Waals surface area contributed by atoms with Crippen LogP contribution in [0, 0.1) is 0 Å². The van der Waals surface area contributed by atoms with Crippen molar-refractivity contribution in [1.29, 1.82) is 0 Å². The number of nitrogens with zero attached hydrogens (tertiary/aromatic N) is 2. The molecule has 1 aliphatic heterocycles. The van der Waals surface area contributed by atoms with E-state index in [1.54, 1.807) is 38.7 Å². The van der Waals surface area contributed by atoms with Crippen LogP contribution >= 0.6 is 0 Å². The van der Waals surface area contributed by atoms with Crippen molar-refractivity contribution >= 4 is 12.0 Å². The predicted octanol–water partition coefficient (Wildman–Crippen LogP) is 2.65. The third kappa shape index (κ3) is 4.46. The second-order valence-electron chi connectivity index (χ2n) is 6.13. The summed E-state index contributed by atoms with van der Waals surface area (Å²) in [7, 11) is 3.33. The zero-order valence-corrected chi connectivity index (χ0v) is 15.2. The van der Waals surface area contributed by atoms with E-state index in [9.17, 15) is 4.79 Å². The number of benzene rings is 1. The summed E-state index contributed by atoms with van der Waals surface area (Å²) in [5, 5.41) is 0. The van der Waals surface area contributed by atoms with E-state index in [1.807, 2.05) is 29.2 Å². The third-order valence-electron chi connectivity index (χ3n) is 4.50. The molecule has 0 bridgehead atoms. The van der Waals surface area contributed by atoms with E-state index in [4.69, 9.17) is 13.9 Å². The molecule has 1 amide bonds. The van der Waals surface area contributed by atoms with Crippen LogP contribution in [0.4, 0.5) is 0 Å². The first kappa shape index (κ1) is 18.1. The fraction of sp³-hybridized carbons (Fsp3) is 0.350. The van der Waals surface area contributed by atoms with Gasteiger partial charge in [0.2, 0.25) is 5.91 Å². The van der Waals surface area contributed by atoms with E-state index >= 15 is 0 Å². The molecule has 1 aromatic carbocycles. The number of methoxy groups -OCH3 is 2. The van der Waals surface area contributed by atoms with Crippen LogP contribution in [0.2, 0.25) is 0 Å². The number of carbonyl (C=O) groups is 1. The van der Waals surface area contributed by atoms with E-state index < -0.39 is 0 Å². The smallest absolute Gasteiger partial charge is 0.246 e. The molecular weight excluding hydrogens is 332 g/mol. The number of hydrogen-bond donors (Lipinski definition) is 0. The summed E-state index contributed by atoms with van der Waals surface area (Å²) < 4.78 is 16.0. The van der Waals surface area contributed by atoms with Crippen molar-refractivity contribution in [3.63, 3.8) is 0 Å². The normalized spacial score (nSPS) is 15.4. The number of ether oxygens (including phenoxy) is 2. The van der Waals surface area contributed by atoms with Crippen LogP contribution in [0.5, 0.6) is 11.5 Å². The Morgan fingerprint density at radius 1 is 1.15 bits per heavy atom. The Hall–Kier alpha value is -2.73. The van der Waals surface area contributed by atoms with Gasteiger partial charge in [-0.1, -0.05) is 0 Å². The zero-order chi connectivity index (χ0) is 18.4. The van der Waals surface area contributed by atoms with E-state index in [-0.39, 0.29) is 5.91 Å². The average Bonchev–Trinajstić information content (AvgIpc) is 3.20. The largest absolute Gasteiger partial charge is 0.497 e. The standard InChI is InChI=1S/C20H24N2O4/c1-24-18-5-7-19(25-2)16(14-18)15-21-9-11-22(12-10-21)20(23)8-6-17-4-3-13-26-17/h3-8,13-14H,9-12,15H2,1-2H3/b8-6+. The average molecular weight is 356 g/mol. The minimum absolute atomic E-state index is 0.0139. The molecule has 0 N–H and O–H groups in total. The highest BCUT2D eigenvalue weighted by molar-refractivity contribution is 5.91. The van der Waals surface area contributed by atoms with Gasteiger partial charge in [0.15, 0.2) is 0 Å². The molecule has 138 valence electrons. The summed E-state index contributed by atoms with van der Waals surface area (Å²) in [6.45, 7) is 3.81. The van der Waals surface area contributed by atoms with Crippen molar-refractivity contribution in [2.24, 2.45) is 0 Å². The van der Waals surface area contributed by atoms with Gasteiger partial charge in [-0.05, 0) is 36.4 Å². The number of furan rings is 1. The molecule has 0 unspecified atom stereocenters. The Kier molecular flexibility index (Phi) is 5.96. The number of piperazine rings is 1. The van der Waals surface area contributed by atoms with Gasteiger partial charge in [0, 0.05) is 44.4 Å². The van der Waals surface area contributed by atoms with Gasteiger partial charge in [0.1, 0.15) is 17.3 Å². The van der Waals surface area contributed by atoms with Gasteiger partial charge in [0.25, 0.3) is 0 Å². The molecule has 0 atom stereocenters. The summed E-state index contributed by atoms with van der Waals surface area (Å²) in [4.78, 5) is 16.5. The second kappa shape index (κ2) is 8.58. The minimum atomic E-state index is 0.0139. The maximum absolute atomic E-state index is 12.3. The number of rotatable bonds is 6. The quantitative estimate of drug-likeness (QED) is 0.745. The van der Waals surface area contributed by atoms with Gasteiger partial charge in [-0.3, -0.25) is 9.69 Å². The Morgan fingerprint density at radius 2 is 1.96 bits per heavy atom. The Labute approximate surface area is 153 Å². The summed E-state index contributed by atoms with van der Waals surface area (Å²) in [6.07, 6.45) is 4.87. The Morgan fingerprint density at radius 3 is 2.62 bits per heavy atom. The molecule has 0 aliphatic carbocycles. The van der Waals surface area contributed by atoms with Gasteiger partial charge in [0.05, 0.1) is 20.5 Å². The van der Waals surface area contributed by atoms with Crippen LogP contribution in [0.25, 0.3) is 6.08 Å². The van der Waals surface area contributed by atoms with Crippen LogP contribution < -0.4 is 9.47 Å². The summed E-state index contributed by atoms with van der Waals surface area (Å²) in [6, 6.07) is 9.44. The number of carbonyl (C=O) groups excluding carboxylic acids is 1. The molecule has 1 aliphatic rings. The molecule has 1 fully saturated rings. The summed E-state index contributed by atoms with van der Waals surface area (Å²) in [5.74, 6) is 2.37. The highest BCUT2D eigenvalue weighted by atomic mass is 16.5. The van der Waals surface area contributed by atoms with Gasteiger partial charge in [-0.2, -0.15) is 0 Å². The van der Waals surface area contributed by atoms with Crippen LogP contribution in [0.1, 0.15) is 11.3 Å². The first-order valence-corrected chi connectivity index (χ1v) is 8.63. The molecule has 2 aromatic rings. The van der Waals surface area contributed by atoms with Crippen molar-refractivity contribution in [1.82, 2.24) is 9.80 Å². The predicted molar refractivity (Wildman–Crippen MR) is 99.1 cm³/mol. The molecular formula is C20H24N2O4. The maximum atomic E-state index is 12.3. The first-order valence-electron chi connectivity index (χ1n) is 8.63. The van der Waals surface area contributed by atoms with Crippen molar-refractivity contribution in [2.75, 3.05) is 40.4 Å². The van der Waals surface area contributed by atoms with E-state index in [0.29, 0.717) is 18.8 Å². The lowest BCUT2D eigenvalue weighted by Gasteiger charge is -2.34. The molecule has 0 saturated carbocycles. The molecule has 3 rings (SSSR count). The third-order valence-corrected chi connectivity index (χ3v) is 4.50. The molecule has 1 aromatic heterocycles. The van der Waals surface area contributed by atoms with Gasteiger partial charge in [-0.15, -0.1) is 0 Å². The first-order chi connectivity index (χ1) is 12.7. The van der Waals surface area contributed by atoms with E-state index in [0.717, 1.165) is 36.7 Å². The van der Waals surface area contributed by atoms with Crippen molar-refractivity contribution in [3.8, 4) is 11.5 Å². The van der Waals surface area contributed by atoms with Gasteiger partial charge >= 0.3 is 0 Å². The molecule has 0 radical (unpaired) electrons. The summed E-state index contributed by atoms with van der Waals surface area (Å²) >= 11 is 0. The van der Waals surface area contributed by atoms with Gasteiger partial charge < -0.3 is 18.8 Å². The van der Waals surface area contributed by atoms with Crippen molar-refractivity contribution < 1.29 is 18.7 Å². The Bertz CT molecular complexity index is 747. The van der Waals surface area contributed by atoms with Crippen LogP contribution in [-0.2, 0) is 11.3 Å². The molecule has 2 heterocycles. The van der Waals surface area contributed by atoms with E-state index in [1.165, 1.54) is 0 Å². The molecule has 1 saturated heterocycles. The highest BCUT2D eigenvalue weighted by Crippen LogP contribution is 2.25. The highest BCUT2D eigenvalue weighted by Gasteiger charge is 2.20. The molecule has 6 nitrogen and oxygen atoms in total. The topological polar surface area (TPSA) is 55.2 Å². The zero-order valence-electron chi connectivity index (χ0n) is 15.2. The van der Waals surface area contributed by atoms with Crippen LogP contribution in [-0.4, -0.2) is 56.1 Å². The fourth-order valence-corrected chi connectivity index (χ4v) is 3.02. The lowest BCUT2D eigenvalue weighted by atomic mass is 10.1. The SMILES string of the molecule is COc1ccc(OC)c(CN2CCN(C(=O)/C=C/c3ccco3)CC2)c1. The maximum Gasteiger partial charge on any atom is 0.246 e. The lowest BCUT2D eigenvalue weighted by Crippen LogP contribution is -2.47. The van der Waals surface area contributed by atoms with Crippen LogP contribution in [0.3, 0.4) is 0 Å². The number of amides is 1. The van der Waals surface area contributed by atoms with Gasteiger partial charge in [-0.25, -0.2) is 0 Å². The molecule has 0 spiro atoms. The molecule has 6 heteroatoms. The molecule has 26 heavy (non-hydrogen) atoms.